The molecular formula is C7H11F3O5S2. The topological polar surface area (TPSA) is 77.5 Å². The van der Waals surface area contributed by atoms with Crippen molar-refractivity contribution in [2.45, 2.75) is 6.68 Å². The third kappa shape index (κ3) is 15.1. The van der Waals surface area contributed by atoms with Crippen LogP contribution in [0.3, 0.4) is 0 Å². The maximum absolute atomic E-state index is 10.8. The predicted molar refractivity (Wildman–Crippen MR) is 56.2 cm³/mol. The summed E-state index contributed by atoms with van der Waals surface area (Å²) in [4.78, 5) is 0. The highest BCUT2D eigenvalue weighted by molar-refractivity contribution is 8.00. The van der Waals surface area contributed by atoms with Gasteiger partial charge in [0.1, 0.15) is 0 Å². The molecule has 0 saturated heterocycles. The summed E-state index contributed by atoms with van der Waals surface area (Å²) in [5.41, 5.74) is 0. The van der Waals surface area contributed by atoms with Crippen molar-refractivity contribution in [1.82, 2.24) is 0 Å². The van der Waals surface area contributed by atoms with Crippen LogP contribution in [0.4, 0.5) is 13.2 Å². The summed E-state index contributed by atoms with van der Waals surface area (Å²) in [6.07, 6.45) is 2.08. The monoisotopic (exact) mass is 296 g/mol. The van der Waals surface area contributed by atoms with Crippen LogP contribution in [-0.2, 0) is 23.9 Å². The number of alkyl halides is 3. The SMILES string of the molecule is C=CCS(=O)(=O)OS(=O)(=O)CC=C.FC(F)F. The second-order valence-electron chi connectivity index (χ2n) is 2.34. The van der Waals surface area contributed by atoms with Crippen LogP contribution in [-0.4, -0.2) is 35.0 Å². The molecule has 0 heterocycles. The fourth-order valence-corrected chi connectivity index (χ4v) is 2.79. The molecule has 0 aliphatic rings. The third-order valence-corrected chi connectivity index (χ3v) is 3.80. The molecule has 17 heavy (non-hydrogen) atoms. The Labute approximate surface area is 97.8 Å². The molecule has 0 aromatic carbocycles. The van der Waals surface area contributed by atoms with E-state index in [1.165, 1.54) is 0 Å². The first kappa shape index (κ1) is 18.5. The smallest absolute Gasteiger partial charge is 0.198 e. The van der Waals surface area contributed by atoms with E-state index in [4.69, 9.17) is 0 Å². The summed E-state index contributed by atoms with van der Waals surface area (Å²) < 4.78 is 76.2. The lowest BCUT2D eigenvalue weighted by atomic mass is 10.8. The van der Waals surface area contributed by atoms with E-state index in [1.54, 1.807) is 0 Å². The molecule has 0 atom stereocenters. The van der Waals surface area contributed by atoms with Gasteiger partial charge in [-0.25, -0.2) is 0 Å². The van der Waals surface area contributed by atoms with E-state index in [1.807, 2.05) is 0 Å². The lowest BCUT2D eigenvalue weighted by Crippen LogP contribution is -2.17. The fraction of sp³-hybridized carbons (Fsp3) is 0.429. The van der Waals surface area contributed by atoms with Gasteiger partial charge in [-0.3, -0.25) is 0 Å². The zero-order valence-corrected chi connectivity index (χ0v) is 10.2. The first-order chi connectivity index (χ1) is 7.56. The maximum atomic E-state index is 10.8. The van der Waals surface area contributed by atoms with Crippen LogP contribution >= 0.6 is 0 Å². The van der Waals surface area contributed by atoms with E-state index in [0.29, 0.717) is 0 Å². The van der Waals surface area contributed by atoms with E-state index in [2.05, 4.69) is 16.8 Å². The maximum Gasteiger partial charge on any atom is 0.379 e. The minimum Gasteiger partial charge on any atom is -0.198 e. The third-order valence-electron chi connectivity index (χ3n) is 0.851. The Morgan fingerprint density at radius 1 is 0.941 bits per heavy atom. The Hall–Kier alpha value is -0.870. The zero-order valence-electron chi connectivity index (χ0n) is 8.55. The van der Waals surface area contributed by atoms with Crippen molar-refractivity contribution in [2.75, 3.05) is 11.5 Å². The van der Waals surface area contributed by atoms with Crippen LogP contribution in [0.15, 0.2) is 25.3 Å². The Morgan fingerprint density at radius 2 is 1.18 bits per heavy atom. The summed E-state index contributed by atoms with van der Waals surface area (Å²) in [7, 11) is -8.13. The highest BCUT2D eigenvalue weighted by Gasteiger charge is 2.19. The molecule has 0 amide bonds. The van der Waals surface area contributed by atoms with Gasteiger partial charge in [0, 0.05) is 0 Å². The van der Waals surface area contributed by atoms with Crippen molar-refractivity contribution in [2.24, 2.45) is 0 Å². The zero-order chi connectivity index (χ0) is 14.1. The molecule has 0 unspecified atom stereocenters. The summed E-state index contributed by atoms with van der Waals surface area (Å²) in [5.74, 6) is -1.08. The normalized spacial score (nSPS) is 11.5. The fourth-order valence-electron chi connectivity index (χ4n) is 0.502. The molecule has 0 fully saturated rings. The van der Waals surface area contributed by atoms with Gasteiger partial charge in [-0.2, -0.15) is 30.0 Å². The molecule has 0 aromatic heterocycles. The summed E-state index contributed by atoms with van der Waals surface area (Å²) in [6.45, 7) is 2.63. The van der Waals surface area contributed by atoms with E-state index in [-0.39, 0.29) is 0 Å². The second kappa shape index (κ2) is 8.25. The van der Waals surface area contributed by atoms with Gasteiger partial charge in [-0.1, -0.05) is 12.2 Å². The number of hydrogen-bond acceptors (Lipinski definition) is 5. The largest absolute Gasteiger partial charge is 0.379 e. The van der Waals surface area contributed by atoms with Crippen molar-refractivity contribution in [1.29, 1.82) is 0 Å². The van der Waals surface area contributed by atoms with Crippen LogP contribution < -0.4 is 0 Å². The Balaban J connectivity index is 0. The summed E-state index contributed by atoms with van der Waals surface area (Å²) in [6, 6.07) is 0. The highest BCUT2D eigenvalue weighted by Crippen LogP contribution is 2.02. The molecule has 0 aliphatic carbocycles. The van der Waals surface area contributed by atoms with Gasteiger partial charge < -0.3 is 0 Å². The van der Waals surface area contributed by atoms with Gasteiger partial charge in [0.25, 0.3) is 20.2 Å². The Morgan fingerprint density at radius 3 is 1.35 bits per heavy atom. The van der Waals surface area contributed by atoms with Gasteiger partial charge in [-0.05, 0) is 0 Å². The molecule has 0 aromatic rings. The highest BCUT2D eigenvalue weighted by atomic mass is 32.3. The van der Waals surface area contributed by atoms with Gasteiger partial charge in [-0.15, -0.1) is 16.8 Å². The minimum atomic E-state index is -4.07. The molecule has 0 aliphatic heterocycles. The molecule has 0 N–H and O–H groups in total. The average molecular weight is 296 g/mol. The van der Waals surface area contributed by atoms with Crippen molar-refractivity contribution in [3.8, 4) is 0 Å². The van der Waals surface area contributed by atoms with Crippen LogP contribution in [0, 0.1) is 0 Å². The van der Waals surface area contributed by atoms with Gasteiger partial charge in [0.15, 0.2) is 0 Å². The minimum absolute atomic E-state index is 0.538. The van der Waals surface area contributed by atoms with Crippen molar-refractivity contribution in [3.63, 3.8) is 0 Å². The molecule has 102 valence electrons. The standard InChI is InChI=1S/C6H10O5S2.CHF3/c1-3-5-12(7,8)11-13(9,10)6-4-2;2-1(3)4/h3-4H,1-2,5-6H2;1H. The second-order valence-corrected chi connectivity index (χ2v) is 5.78. The average Bonchev–Trinajstić information content (AvgIpc) is 1.98. The lowest BCUT2D eigenvalue weighted by Gasteiger charge is -2.01. The van der Waals surface area contributed by atoms with E-state index >= 15 is 0 Å². The molecular weight excluding hydrogens is 285 g/mol. The van der Waals surface area contributed by atoms with Crippen LogP contribution in [0.1, 0.15) is 0 Å². The molecule has 5 nitrogen and oxygen atoms in total. The number of rotatable bonds is 6. The van der Waals surface area contributed by atoms with Crippen molar-refractivity contribution in [3.05, 3.63) is 25.3 Å². The van der Waals surface area contributed by atoms with E-state index < -0.39 is 38.4 Å². The first-order valence-electron chi connectivity index (χ1n) is 3.86. The van der Waals surface area contributed by atoms with E-state index in [9.17, 15) is 30.0 Å². The molecule has 10 heteroatoms. The van der Waals surface area contributed by atoms with E-state index in [0.717, 1.165) is 12.2 Å². The Kier molecular flexibility index (Phi) is 8.98. The van der Waals surface area contributed by atoms with Crippen LogP contribution in [0.2, 0.25) is 0 Å². The van der Waals surface area contributed by atoms with Gasteiger partial charge in [0.2, 0.25) is 0 Å². The molecule has 0 radical (unpaired) electrons. The number of halogens is 3. The predicted octanol–water partition coefficient (Wildman–Crippen LogP) is 1.21. The molecule has 0 rings (SSSR count). The lowest BCUT2D eigenvalue weighted by molar-refractivity contribution is 0.00819. The van der Waals surface area contributed by atoms with Crippen LogP contribution in [0.25, 0.3) is 0 Å². The number of hydrogen-bond donors (Lipinski definition) is 0. The van der Waals surface area contributed by atoms with Crippen molar-refractivity contribution >= 4 is 20.2 Å². The van der Waals surface area contributed by atoms with Gasteiger partial charge in [0.05, 0.1) is 11.5 Å². The summed E-state index contributed by atoms with van der Waals surface area (Å²) >= 11 is 0. The molecule has 0 saturated carbocycles. The molecule has 0 spiro atoms. The quantitative estimate of drug-likeness (QED) is 0.689. The van der Waals surface area contributed by atoms with Crippen molar-refractivity contribution < 1.29 is 33.6 Å². The molecule has 0 bridgehead atoms. The van der Waals surface area contributed by atoms with Gasteiger partial charge >= 0.3 is 6.68 Å². The summed E-state index contributed by atoms with van der Waals surface area (Å²) in [5, 5.41) is 0. The van der Waals surface area contributed by atoms with Crippen LogP contribution in [0.5, 0.6) is 0 Å². The first-order valence-corrected chi connectivity index (χ1v) is 7.02. The Bertz CT molecular complexity index is 386.